The number of nitrogens with one attached hydrogen (secondary N) is 1. The Balaban J connectivity index is 2.17. The van der Waals surface area contributed by atoms with Gasteiger partial charge in [-0.3, -0.25) is 4.79 Å². The number of H-pyrrole nitrogens is 1. The molecule has 15 heavy (non-hydrogen) atoms. The van der Waals surface area contributed by atoms with Crippen molar-refractivity contribution >= 4 is 0 Å². The maximum absolute atomic E-state index is 10.8. The highest BCUT2D eigenvalue weighted by Gasteiger charge is 2.34. The van der Waals surface area contributed by atoms with Crippen LogP contribution in [0.3, 0.4) is 0 Å². The van der Waals surface area contributed by atoms with E-state index in [0.29, 0.717) is 6.42 Å². The number of hydrogen-bond donors (Lipinski definition) is 3. The molecule has 5 heteroatoms. The third-order valence-electron chi connectivity index (χ3n) is 2.53. The van der Waals surface area contributed by atoms with Crippen LogP contribution in [0.25, 0.3) is 0 Å². The summed E-state index contributed by atoms with van der Waals surface area (Å²) in [6.07, 6.45) is 0.528. The summed E-state index contributed by atoms with van der Waals surface area (Å²) in [5, 5.41) is 18.6. The van der Waals surface area contributed by atoms with Crippen molar-refractivity contribution in [1.29, 1.82) is 0 Å². The minimum atomic E-state index is -0.631. The van der Waals surface area contributed by atoms with Crippen LogP contribution in [0.1, 0.15) is 18.1 Å². The molecule has 0 aliphatic carbocycles. The summed E-state index contributed by atoms with van der Waals surface area (Å²) in [4.78, 5) is 13.4. The number of pyridine rings is 1. The molecule has 0 spiro atoms. The Morgan fingerprint density at radius 2 is 2.33 bits per heavy atom. The molecule has 1 aromatic rings. The van der Waals surface area contributed by atoms with Crippen molar-refractivity contribution in [2.24, 2.45) is 0 Å². The zero-order valence-electron chi connectivity index (χ0n) is 8.09. The molecule has 5 nitrogen and oxygen atoms in total. The molecule has 1 aliphatic heterocycles. The zero-order valence-corrected chi connectivity index (χ0v) is 8.09. The first-order valence-electron chi connectivity index (χ1n) is 4.83. The summed E-state index contributed by atoms with van der Waals surface area (Å²) in [7, 11) is 0. The molecule has 3 N–H and O–H groups in total. The van der Waals surface area contributed by atoms with Crippen molar-refractivity contribution in [3.05, 3.63) is 34.2 Å². The third kappa shape index (κ3) is 2.09. The van der Waals surface area contributed by atoms with Crippen molar-refractivity contribution in [1.82, 2.24) is 4.98 Å². The van der Waals surface area contributed by atoms with E-state index in [1.807, 2.05) is 0 Å². The minimum absolute atomic E-state index is 0.100. The molecule has 0 bridgehead atoms. The van der Waals surface area contributed by atoms with E-state index in [4.69, 9.17) is 9.84 Å². The van der Waals surface area contributed by atoms with Gasteiger partial charge in [0.05, 0.1) is 18.8 Å². The van der Waals surface area contributed by atoms with Gasteiger partial charge < -0.3 is 19.9 Å². The van der Waals surface area contributed by atoms with Gasteiger partial charge >= 0.3 is 0 Å². The van der Waals surface area contributed by atoms with Crippen molar-refractivity contribution in [3.8, 4) is 0 Å². The number of aliphatic hydroxyl groups excluding tert-OH is 2. The number of aromatic amines is 1. The molecule has 3 atom stereocenters. The zero-order chi connectivity index (χ0) is 10.8. The average Bonchev–Trinajstić information content (AvgIpc) is 2.61. The largest absolute Gasteiger partial charge is 0.394 e. The van der Waals surface area contributed by atoms with Crippen LogP contribution in [-0.2, 0) is 4.74 Å². The monoisotopic (exact) mass is 211 g/mol. The van der Waals surface area contributed by atoms with Crippen LogP contribution >= 0.6 is 0 Å². The number of aliphatic hydroxyl groups is 2. The number of aromatic nitrogens is 1. The van der Waals surface area contributed by atoms with Crippen LogP contribution in [0.4, 0.5) is 0 Å². The first kappa shape index (κ1) is 10.4. The molecule has 1 aromatic heterocycles. The Hall–Kier alpha value is -1.17. The molecule has 2 heterocycles. The SMILES string of the molecule is O=c1ccc(C2OC(CO)CC2O)c[nH]1. The minimum Gasteiger partial charge on any atom is -0.394 e. The van der Waals surface area contributed by atoms with Crippen LogP contribution < -0.4 is 5.56 Å². The van der Waals surface area contributed by atoms with E-state index in [1.54, 1.807) is 6.07 Å². The molecule has 0 radical (unpaired) electrons. The molecule has 1 fully saturated rings. The predicted octanol–water partition coefficient (Wildman–Crippen LogP) is -0.442. The summed E-state index contributed by atoms with van der Waals surface area (Å²) in [6, 6.07) is 3.00. The topological polar surface area (TPSA) is 82.6 Å². The van der Waals surface area contributed by atoms with E-state index >= 15 is 0 Å². The van der Waals surface area contributed by atoms with Gasteiger partial charge in [-0.05, 0) is 11.6 Å². The Morgan fingerprint density at radius 1 is 1.53 bits per heavy atom. The van der Waals surface area contributed by atoms with Gasteiger partial charge in [0, 0.05) is 18.7 Å². The highest BCUT2D eigenvalue weighted by atomic mass is 16.5. The maximum atomic E-state index is 10.8. The first-order chi connectivity index (χ1) is 7.20. The normalized spacial score (nSPS) is 30.7. The van der Waals surface area contributed by atoms with Crippen molar-refractivity contribution in [2.45, 2.75) is 24.7 Å². The molecule has 1 aliphatic rings. The Bertz CT molecular complexity index is 369. The lowest BCUT2D eigenvalue weighted by atomic mass is 10.1. The standard InChI is InChI=1S/C10H13NO4/c12-5-7-3-8(13)10(15-7)6-1-2-9(14)11-4-6/h1-2,4,7-8,10,12-13H,3,5H2,(H,11,14). The van der Waals surface area contributed by atoms with E-state index in [2.05, 4.69) is 4.98 Å². The van der Waals surface area contributed by atoms with E-state index in [1.165, 1.54) is 12.3 Å². The summed E-state index contributed by atoms with van der Waals surface area (Å²) in [6.45, 7) is -0.100. The molecule has 82 valence electrons. The molecular weight excluding hydrogens is 198 g/mol. The van der Waals surface area contributed by atoms with E-state index in [-0.39, 0.29) is 18.3 Å². The summed E-state index contributed by atoms with van der Waals surface area (Å²) < 4.78 is 5.43. The fraction of sp³-hybridized carbons (Fsp3) is 0.500. The van der Waals surface area contributed by atoms with Crippen LogP contribution in [0.2, 0.25) is 0 Å². The van der Waals surface area contributed by atoms with Gasteiger partial charge in [0.25, 0.3) is 0 Å². The van der Waals surface area contributed by atoms with Crippen molar-refractivity contribution in [3.63, 3.8) is 0 Å². The van der Waals surface area contributed by atoms with Crippen LogP contribution in [0, 0.1) is 0 Å². The number of ether oxygens (including phenoxy) is 1. The second kappa shape index (κ2) is 4.14. The predicted molar refractivity (Wildman–Crippen MR) is 52.4 cm³/mol. The van der Waals surface area contributed by atoms with Gasteiger partial charge in [0.15, 0.2) is 0 Å². The highest BCUT2D eigenvalue weighted by Crippen LogP contribution is 2.32. The molecule has 1 saturated heterocycles. The van der Waals surface area contributed by atoms with Crippen molar-refractivity contribution < 1.29 is 14.9 Å². The lowest BCUT2D eigenvalue weighted by Crippen LogP contribution is -2.14. The van der Waals surface area contributed by atoms with Gasteiger partial charge in [-0.25, -0.2) is 0 Å². The van der Waals surface area contributed by atoms with Gasteiger partial charge in [0.2, 0.25) is 5.56 Å². The van der Waals surface area contributed by atoms with E-state index in [9.17, 15) is 9.90 Å². The van der Waals surface area contributed by atoms with Crippen LogP contribution in [-0.4, -0.2) is 34.0 Å². The van der Waals surface area contributed by atoms with Gasteiger partial charge in [0.1, 0.15) is 6.10 Å². The van der Waals surface area contributed by atoms with Crippen molar-refractivity contribution in [2.75, 3.05) is 6.61 Å². The Kier molecular flexibility index (Phi) is 2.86. The van der Waals surface area contributed by atoms with Gasteiger partial charge in [-0.1, -0.05) is 0 Å². The molecule has 0 saturated carbocycles. The second-order valence-electron chi connectivity index (χ2n) is 3.65. The summed E-state index contributed by atoms with van der Waals surface area (Å²) >= 11 is 0. The number of rotatable bonds is 2. The summed E-state index contributed by atoms with van der Waals surface area (Å²) in [5.41, 5.74) is 0.531. The van der Waals surface area contributed by atoms with Crippen LogP contribution in [0.15, 0.2) is 23.1 Å². The smallest absolute Gasteiger partial charge is 0.247 e. The maximum Gasteiger partial charge on any atom is 0.247 e. The van der Waals surface area contributed by atoms with E-state index < -0.39 is 12.2 Å². The van der Waals surface area contributed by atoms with Gasteiger partial charge in [-0.2, -0.15) is 0 Å². The van der Waals surface area contributed by atoms with Crippen LogP contribution in [0.5, 0.6) is 0 Å². The molecule has 3 unspecified atom stereocenters. The lowest BCUT2D eigenvalue weighted by molar-refractivity contribution is -0.0109. The second-order valence-corrected chi connectivity index (χ2v) is 3.65. The molecule has 2 rings (SSSR count). The molecule has 0 amide bonds. The fourth-order valence-electron chi connectivity index (χ4n) is 1.76. The molecular formula is C10H13NO4. The number of hydrogen-bond acceptors (Lipinski definition) is 4. The lowest BCUT2D eigenvalue weighted by Gasteiger charge is -2.14. The quantitative estimate of drug-likeness (QED) is 0.619. The molecule has 0 aromatic carbocycles. The third-order valence-corrected chi connectivity index (χ3v) is 2.53. The fourth-order valence-corrected chi connectivity index (χ4v) is 1.76. The first-order valence-corrected chi connectivity index (χ1v) is 4.83. The average molecular weight is 211 g/mol. The summed E-state index contributed by atoms with van der Waals surface area (Å²) in [5.74, 6) is 0. The Labute approximate surface area is 86.3 Å². The Morgan fingerprint density at radius 3 is 2.87 bits per heavy atom. The van der Waals surface area contributed by atoms with Gasteiger partial charge in [-0.15, -0.1) is 0 Å². The van der Waals surface area contributed by atoms with E-state index in [0.717, 1.165) is 5.56 Å². The highest BCUT2D eigenvalue weighted by molar-refractivity contribution is 5.15.